The monoisotopic (exact) mass is 388 g/mol. The molecule has 1 aliphatic heterocycles. The fourth-order valence-corrected chi connectivity index (χ4v) is 3.65. The van der Waals surface area contributed by atoms with Gasteiger partial charge in [0.05, 0.1) is 7.05 Å². The van der Waals surface area contributed by atoms with Gasteiger partial charge in [-0.3, -0.25) is 9.78 Å². The molecule has 0 radical (unpaired) electrons. The van der Waals surface area contributed by atoms with Crippen molar-refractivity contribution in [2.24, 2.45) is 7.05 Å². The summed E-state index contributed by atoms with van der Waals surface area (Å²) in [5.41, 5.74) is 6.29. The number of benzene rings is 1. The molecule has 3 aromatic rings. The van der Waals surface area contributed by atoms with Crippen LogP contribution in [-0.4, -0.2) is 44.1 Å². The van der Waals surface area contributed by atoms with Crippen LogP contribution in [0, 0.1) is 6.92 Å². The molecule has 7 heteroatoms. The van der Waals surface area contributed by atoms with Gasteiger partial charge >= 0.3 is 0 Å². The van der Waals surface area contributed by atoms with Gasteiger partial charge in [0.2, 0.25) is 0 Å². The highest BCUT2D eigenvalue weighted by molar-refractivity contribution is 5.98. The second kappa shape index (κ2) is 7.95. The number of carbonyl (C=O) groups is 1. The number of tetrazole rings is 1. The zero-order valence-corrected chi connectivity index (χ0v) is 17.0. The summed E-state index contributed by atoms with van der Waals surface area (Å²) in [5.74, 6) is 0.753. The first-order valence-electron chi connectivity index (χ1n) is 9.73. The number of hydrogen-bond donors (Lipinski definition) is 0. The van der Waals surface area contributed by atoms with Gasteiger partial charge < -0.3 is 4.90 Å². The Morgan fingerprint density at radius 3 is 2.62 bits per heavy atom. The molecule has 4 rings (SSSR count). The molecule has 148 valence electrons. The molecule has 2 aromatic heterocycles. The van der Waals surface area contributed by atoms with Crippen LogP contribution in [0.1, 0.15) is 40.5 Å². The summed E-state index contributed by atoms with van der Waals surface area (Å²) in [4.78, 5) is 20.4. The molecular formula is C22H24N6O. The van der Waals surface area contributed by atoms with E-state index in [9.17, 15) is 4.79 Å². The van der Waals surface area contributed by atoms with Crippen LogP contribution >= 0.6 is 0 Å². The molecule has 0 saturated heterocycles. The molecule has 0 unspecified atom stereocenters. The van der Waals surface area contributed by atoms with Crippen LogP contribution in [0.25, 0.3) is 5.57 Å². The van der Waals surface area contributed by atoms with Gasteiger partial charge in [-0.2, -0.15) is 4.80 Å². The van der Waals surface area contributed by atoms with Gasteiger partial charge in [-0.1, -0.05) is 34.9 Å². The van der Waals surface area contributed by atoms with Gasteiger partial charge in [0, 0.05) is 37.0 Å². The lowest BCUT2D eigenvalue weighted by Crippen LogP contribution is -2.31. The van der Waals surface area contributed by atoms with Crippen LogP contribution in [-0.2, 0) is 13.5 Å². The summed E-state index contributed by atoms with van der Waals surface area (Å²) in [6, 6.07) is 11.9. The third-order valence-electron chi connectivity index (χ3n) is 5.38. The summed E-state index contributed by atoms with van der Waals surface area (Å²) in [6.45, 7) is 5.69. The van der Waals surface area contributed by atoms with Crippen molar-refractivity contribution >= 4 is 17.3 Å². The predicted molar refractivity (Wildman–Crippen MR) is 112 cm³/mol. The Kier molecular flexibility index (Phi) is 5.20. The smallest absolute Gasteiger partial charge is 0.266 e. The Balaban J connectivity index is 1.49. The molecular weight excluding hydrogens is 364 g/mol. The molecule has 0 atom stereocenters. The minimum Gasteiger partial charge on any atom is -0.334 e. The van der Waals surface area contributed by atoms with E-state index >= 15 is 0 Å². The standard InChI is InChI=1S/C22H24N6O/c1-15-10-12-28(22-24-26-27(3)25-22)14-20(15)18-8-6-17(7-9-18)13-21(29)19-5-4-11-23-16(19)2/h4-9,11H,10,12-14H2,1-3H3. The largest absolute Gasteiger partial charge is 0.334 e. The van der Waals surface area contributed by atoms with E-state index in [-0.39, 0.29) is 5.78 Å². The number of carbonyl (C=O) groups excluding carboxylic acids is 1. The first-order chi connectivity index (χ1) is 14.0. The maximum atomic E-state index is 12.6. The number of Topliss-reactive ketones (excluding diaryl/α,β-unsaturated/α-hetero) is 1. The topological polar surface area (TPSA) is 76.8 Å². The summed E-state index contributed by atoms with van der Waals surface area (Å²) in [7, 11) is 1.77. The highest BCUT2D eigenvalue weighted by Crippen LogP contribution is 2.28. The maximum absolute atomic E-state index is 12.6. The SMILES string of the molecule is CC1=C(c2ccc(CC(=O)c3cccnc3C)cc2)CN(c2nnn(C)n2)CC1. The first kappa shape index (κ1) is 19.0. The zero-order chi connectivity index (χ0) is 20.4. The second-order valence-electron chi connectivity index (χ2n) is 7.44. The Labute approximate surface area is 170 Å². The number of rotatable bonds is 5. The number of pyridine rings is 1. The second-order valence-corrected chi connectivity index (χ2v) is 7.44. The highest BCUT2D eigenvalue weighted by Gasteiger charge is 2.21. The van der Waals surface area contributed by atoms with Crippen molar-refractivity contribution in [3.8, 4) is 0 Å². The van der Waals surface area contributed by atoms with E-state index in [0.717, 1.165) is 30.8 Å². The Bertz CT molecular complexity index is 1070. The number of anilines is 1. The molecule has 1 aromatic carbocycles. The third kappa shape index (κ3) is 4.08. The van der Waals surface area contributed by atoms with Crippen molar-refractivity contribution in [2.45, 2.75) is 26.7 Å². The fraction of sp³-hybridized carbons (Fsp3) is 0.318. The summed E-state index contributed by atoms with van der Waals surface area (Å²) >= 11 is 0. The molecule has 0 bridgehead atoms. The fourth-order valence-electron chi connectivity index (χ4n) is 3.65. The van der Waals surface area contributed by atoms with Gasteiger partial charge in [-0.05, 0) is 54.3 Å². The van der Waals surface area contributed by atoms with E-state index in [1.165, 1.54) is 21.5 Å². The van der Waals surface area contributed by atoms with Gasteiger partial charge in [0.1, 0.15) is 0 Å². The van der Waals surface area contributed by atoms with E-state index < -0.39 is 0 Å². The van der Waals surface area contributed by atoms with Crippen LogP contribution in [0.4, 0.5) is 5.95 Å². The first-order valence-corrected chi connectivity index (χ1v) is 9.73. The van der Waals surface area contributed by atoms with Crippen molar-refractivity contribution in [1.29, 1.82) is 0 Å². The van der Waals surface area contributed by atoms with E-state index in [1.54, 1.807) is 19.3 Å². The van der Waals surface area contributed by atoms with Gasteiger partial charge in [-0.15, -0.1) is 5.10 Å². The molecule has 0 aliphatic carbocycles. The molecule has 7 nitrogen and oxygen atoms in total. The molecule has 0 spiro atoms. The molecule has 0 N–H and O–H groups in total. The van der Waals surface area contributed by atoms with Crippen LogP contribution < -0.4 is 4.90 Å². The molecule has 0 amide bonds. The average Bonchev–Trinajstić information content (AvgIpc) is 3.16. The van der Waals surface area contributed by atoms with Crippen molar-refractivity contribution < 1.29 is 4.79 Å². The molecule has 1 aliphatic rings. The summed E-state index contributed by atoms with van der Waals surface area (Å²) in [6.07, 6.45) is 3.05. The van der Waals surface area contributed by atoms with E-state index in [2.05, 4.69) is 44.4 Å². The highest BCUT2D eigenvalue weighted by atomic mass is 16.1. The Morgan fingerprint density at radius 2 is 1.93 bits per heavy atom. The number of aryl methyl sites for hydroxylation is 2. The van der Waals surface area contributed by atoms with Crippen LogP contribution in [0.3, 0.4) is 0 Å². The zero-order valence-electron chi connectivity index (χ0n) is 17.0. The summed E-state index contributed by atoms with van der Waals surface area (Å²) < 4.78 is 0. The van der Waals surface area contributed by atoms with E-state index in [0.29, 0.717) is 17.9 Å². The minimum absolute atomic E-state index is 0.0938. The average molecular weight is 388 g/mol. The number of aromatic nitrogens is 5. The molecule has 29 heavy (non-hydrogen) atoms. The van der Waals surface area contributed by atoms with Gasteiger partial charge in [-0.25, -0.2) is 0 Å². The van der Waals surface area contributed by atoms with Gasteiger partial charge in [0.15, 0.2) is 5.78 Å². The Hall–Kier alpha value is -3.35. The number of nitrogens with zero attached hydrogens (tertiary/aromatic N) is 6. The van der Waals surface area contributed by atoms with Crippen molar-refractivity contribution in [3.05, 3.63) is 70.6 Å². The number of ketones is 1. The minimum atomic E-state index is 0.0938. The predicted octanol–water partition coefficient (Wildman–Crippen LogP) is 3.02. The normalized spacial score (nSPS) is 14.4. The molecule has 0 fully saturated rings. The van der Waals surface area contributed by atoms with Crippen LogP contribution in [0.2, 0.25) is 0 Å². The quantitative estimate of drug-likeness (QED) is 0.626. The lowest BCUT2D eigenvalue weighted by Gasteiger charge is -2.29. The van der Waals surface area contributed by atoms with Crippen molar-refractivity contribution in [2.75, 3.05) is 18.0 Å². The lowest BCUT2D eigenvalue weighted by molar-refractivity contribution is 0.0992. The van der Waals surface area contributed by atoms with Crippen LogP contribution in [0.15, 0.2) is 48.2 Å². The van der Waals surface area contributed by atoms with Crippen molar-refractivity contribution in [3.63, 3.8) is 0 Å². The molecule has 3 heterocycles. The van der Waals surface area contributed by atoms with E-state index in [4.69, 9.17) is 0 Å². The summed E-state index contributed by atoms with van der Waals surface area (Å²) in [5, 5.41) is 12.4. The van der Waals surface area contributed by atoms with E-state index in [1.807, 2.05) is 25.1 Å². The Morgan fingerprint density at radius 1 is 1.14 bits per heavy atom. The molecule has 0 saturated carbocycles. The third-order valence-corrected chi connectivity index (χ3v) is 5.38. The number of hydrogen-bond acceptors (Lipinski definition) is 6. The van der Waals surface area contributed by atoms with Crippen LogP contribution in [0.5, 0.6) is 0 Å². The lowest BCUT2D eigenvalue weighted by atomic mass is 9.93. The van der Waals surface area contributed by atoms with Crippen molar-refractivity contribution in [1.82, 2.24) is 25.2 Å². The van der Waals surface area contributed by atoms with Gasteiger partial charge in [0.25, 0.3) is 5.95 Å². The maximum Gasteiger partial charge on any atom is 0.266 e.